The lowest BCUT2D eigenvalue weighted by atomic mass is 10.1. The highest BCUT2D eigenvalue weighted by molar-refractivity contribution is 5.94. The first-order valence-corrected chi connectivity index (χ1v) is 6.68. The van der Waals surface area contributed by atoms with Crippen LogP contribution in [-0.4, -0.2) is 37.0 Å². The van der Waals surface area contributed by atoms with E-state index in [0.717, 1.165) is 12.1 Å². The van der Waals surface area contributed by atoms with Crippen LogP contribution in [0.15, 0.2) is 18.2 Å². The molecule has 1 rings (SSSR count). The monoisotopic (exact) mass is 340 g/mol. The fourth-order valence-electron chi connectivity index (χ4n) is 1.87. The van der Waals surface area contributed by atoms with Gasteiger partial charge in [0.2, 0.25) is 0 Å². The molecule has 0 aliphatic heterocycles. The van der Waals surface area contributed by atoms with E-state index in [1.54, 1.807) is 13.8 Å². The summed E-state index contributed by atoms with van der Waals surface area (Å²) in [5.41, 5.74) is 4.25. The zero-order chi connectivity index (χ0) is 16.0. The van der Waals surface area contributed by atoms with Crippen LogP contribution in [0.4, 0.5) is 13.2 Å². The second kappa shape index (κ2) is 8.85. The first-order valence-electron chi connectivity index (χ1n) is 6.68. The van der Waals surface area contributed by atoms with Crippen LogP contribution in [0.1, 0.15) is 29.8 Å². The maximum Gasteiger partial charge on any atom is 0.419 e. The van der Waals surface area contributed by atoms with Crippen molar-refractivity contribution in [3.63, 3.8) is 0 Å². The van der Waals surface area contributed by atoms with E-state index in [-0.39, 0.29) is 36.9 Å². The Morgan fingerprint density at radius 2 is 1.86 bits per heavy atom. The molecule has 2 N–H and O–H groups in total. The molecule has 0 unspecified atom stereocenters. The van der Waals surface area contributed by atoms with Gasteiger partial charge in [0.1, 0.15) is 12.4 Å². The number of nitrogens with two attached hydrogens (primary N) is 1. The Morgan fingerprint density at radius 1 is 1.27 bits per heavy atom. The third-order valence-corrected chi connectivity index (χ3v) is 2.96. The predicted molar refractivity (Wildman–Crippen MR) is 80.5 cm³/mol. The van der Waals surface area contributed by atoms with Crippen LogP contribution < -0.4 is 10.5 Å². The second-order valence-corrected chi connectivity index (χ2v) is 4.32. The molecule has 0 fully saturated rings. The lowest BCUT2D eigenvalue weighted by Crippen LogP contribution is -2.30. The van der Waals surface area contributed by atoms with E-state index >= 15 is 0 Å². The Hall–Kier alpha value is -1.47. The summed E-state index contributed by atoms with van der Waals surface area (Å²) in [6.07, 6.45) is -4.59. The Labute approximate surface area is 133 Å². The number of halogens is 4. The molecule has 8 heteroatoms. The van der Waals surface area contributed by atoms with Crippen molar-refractivity contribution in [2.75, 3.05) is 26.2 Å². The number of rotatable bonds is 6. The van der Waals surface area contributed by atoms with E-state index in [4.69, 9.17) is 10.5 Å². The number of carbonyl (C=O) groups is 1. The summed E-state index contributed by atoms with van der Waals surface area (Å²) < 4.78 is 44.1. The summed E-state index contributed by atoms with van der Waals surface area (Å²) >= 11 is 0. The molecule has 0 spiro atoms. The lowest BCUT2D eigenvalue weighted by Gasteiger charge is -2.20. The zero-order valence-electron chi connectivity index (χ0n) is 12.4. The van der Waals surface area contributed by atoms with Crippen molar-refractivity contribution in [2.45, 2.75) is 20.0 Å². The molecule has 1 aromatic rings. The van der Waals surface area contributed by atoms with Gasteiger partial charge in [-0.3, -0.25) is 4.79 Å². The Balaban J connectivity index is 0.00000441. The third kappa shape index (κ3) is 5.06. The van der Waals surface area contributed by atoms with Crippen molar-refractivity contribution in [3.05, 3.63) is 29.3 Å². The summed E-state index contributed by atoms with van der Waals surface area (Å²) in [6, 6.07) is 3.32. The summed E-state index contributed by atoms with van der Waals surface area (Å²) in [4.78, 5) is 13.6. The summed E-state index contributed by atoms with van der Waals surface area (Å²) in [7, 11) is 0. The Bertz CT molecular complexity index is 491. The van der Waals surface area contributed by atoms with Crippen molar-refractivity contribution in [1.29, 1.82) is 0 Å². The number of nitrogens with zero attached hydrogens (tertiary/aromatic N) is 1. The fraction of sp³-hybridized carbons (Fsp3) is 0.500. The largest absolute Gasteiger partial charge is 0.492 e. The van der Waals surface area contributed by atoms with Gasteiger partial charge < -0.3 is 15.4 Å². The first kappa shape index (κ1) is 20.5. The third-order valence-electron chi connectivity index (χ3n) is 2.96. The van der Waals surface area contributed by atoms with Gasteiger partial charge in [0.25, 0.3) is 5.91 Å². The van der Waals surface area contributed by atoms with E-state index in [1.165, 1.54) is 11.0 Å². The van der Waals surface area contributed by atoms with Crippen molar-refractivity contribution in [1.82, 2.24) is 4.90 Å². The Morgan fingerprint density at radius 3 is 2.32 bits per heavy atom. The van der Waals surface area contributed by atoms with E-state index in [0.29, 0.717) is 13.1 Å². The van der Waals surface area contributed by atoms with Crippen molar-refractivity contribution >= 4 is 18.3 Å². The molecular formula is C14H20ClF3N2O2. The van der Waals surface area contributed by atoms with Crippen LogP contribution in [0, 0.1) is 0 Å². The van der Waals surface area contributed by atoms with Gasteiger partial charge >= 0.3 is 6.18 Å². The topological polar surface area (TPSA) is 55.6 Å². The van der Waals surface area contributed by atoms with Gasteiger partial charge in [-0.15, -0.1) is 12.4 Å². The van der Waals surface area contributed by atoms with Crippen LogP contribution >= 0.6 is 12.4 Å². The number of ether oxygens (including phenoxy) is 1. The first-order chi connectivity index (χ1) is 9.85. The van der Waals surface area contributed by atoms with Crippen LogP contribution in [-0.2, 0) is 6.18 Å². The molecular weight excluding hydrogens is 321 g/mol. The number of alkyl halides is 3. The molecule has 1 amide bonds. The maximum atomic E-state index is 13.0. The van der Waals surface area contributed by atoms with Crippen LogP contribution in [0.5, 0.6) is 5.75 Å². The second-order valence-electron chi connectivity index (χ2n) is 4.32. The van der Waals surface area contributed by atoms with Gasteiger partial charge in [0, 0.05) is 25.2 Å². The summed E-state index contributed by atoms with van der Waals surface area (Å²) in [5.74, 6) is -0.750. The highest BCUT2D eigenvalue weighted by Crippen LogP contribution is 2.37. The van der Waals surface area contributed by atoms with Crippen LogP contribution in [0.25, 0.3) is 0 Å². The summed E-state index contributed by atoms with van der Waals surface area (Å²) in [5, 5.41) is 0. The van der Waals surface area contributed by atoms with E-state index in [2.05, 4.69) is 0 Å². The SMILES string of the molecule is CCN(CC)C(=O)c1ccc(OCCN)c(C(F)(F)F)c1.Cl. The van der Waals surface area contributed by atoms with E-state index < -0.39 is 17.6 Å². The standard InChI is InChI=1S/C14H19F3N2O2.ClH/c1-3-19(4-2)13(20)10-5-6-12(21-8-7-18)11(9-10)14(15,16)17;/h5-6,9H,3-4,7-8,18H2,1-2H3;1H. The maximum absolute atomic E-state index is 13.0. The minimum atomic E-state index is -4.59. The van der Waals surface area contributed by atoms with Gasteiger partial charge in [-0.25, -0.2) is 0 Å². The molecule has 0 aliphatic rings. The van der Waals surface area contributed by atoms with Crippen LogP contribution in [0.3, 0.4) is 0 Å². The van der Waals surface area contributed by atoms with Gasteiger partial charge in [-0.05, 0) is 32.0 Å². The molecule has 22 heavy (non-hydrogen) atoms. The van der Waals surface area contributed by atoms with Gasteiger partial charge in [-0.1, -0.05) is 0 Å². The van der Waals surface area contributed by atoms with Crippen LogP contribution in [0.2, 0.25) is 0 Å². The lowest BCUT2D eigenvalue weighted by molar-refractivity contribution is -0.138. The molecule has 0 saturated carbocycles. The number of hydrogen-bond donors (Lipinski definition) is 1. The van der Waals surface area contributed by atoms with Crippen molar-refractivity contribution in [2.24, 2.45) is 5.73 Å². The van der Waals surface area contributed by atoms with Gasteiger partial charge in [0.15, 0.2) is 0 Å². The van der Waals surface area contributed by atoms with Gasteiger partial charge in [0.05, 0.1) is 5.56 Å². The zero-order valence-corrected chi connectivity index (χ0v) is 13.3. The number of hydrogen-bond acceptors (Lipinski definition) is 3. The molecule has 0 heterocycles. The summed E-state index contributed by atoms with van der Waals surface area (Å²) in [6.45, 7) is 4.49. The predicted octanol–water partition coefficient (Wildman–Crippen LogP) is 2.95. The Kier molecular flexibility index (Phi) is 8.26. The minimum absolute atomic E-state index is 0. The van der Waals surface area contributed by atoms with Crippen molar-refractivity contribution in [3.8, 4) is 5.75 Å². The highest BCUT2D eigenvalue weighted by atomic mass is 35.5. The molecule has 0 aromatic heterocycles. The molecule has 0 saturated heterocycles. The molecule has 1 aromatic carbocycles. The molecule has 4 nitrogen and oxygen atoms in total. The normalized spacial score (nSPS) is 10.8. The van der Waals surface area contributed by atoms with E-state index in [1.807, 2.05) is 0 Å². The number of benzene rings is 1. The van der Waals surface area contributed by atoms with Gasteiger partial charge in [-0.2, -0.15) is 13.2 Å². The minimum Gasteiger partial charge on any atom is -0.492 e. The molecule has 0 aliphatic carbocycles. The smallest absolute Gasteiger partial charge is 0.419 e. The molecule has 0 bridgehead atoms. The molecule has 0 atom stereocenters. The number of carbonyl (C=O) groups excluding carboxylic acids is 1. The average molecular weight is 341 g/mol. The van der Waals surface area contributed by atoms with E-state index in [9.17, 15) is 18.0 Å². The quantitative estimate of drug-likeness (QED) is 0.866. The average Bonchev–Trinajstić information content (AvgIpc) is 2.45. The number of amides is 1. The van der Waals surface area contributed by atoms with Crippen molar-refractivity contribution < 1.29 is 22.7 Å². The molecule has 0 radical (unpaired) electrons. The molecule has 126 valence electrons. The fourth-order valence-corrected chi connectivity index (χ4v) is 1.87. The highest BCUT2D eigenvalue weighted by Gasteiger charge is 2.35.